The van der Waals surface area contributed by atoms with Gasteiger partial charge in [-0.25, -0.2) is 16.8 Å². The molecule has 0 aliphatic carbocycles. The zero-order valence-corrected chi connectivity index (χ0v) is 18.5. The molecule has 0 aromatic heterocycles. The minimum atomic E-state index is -4.41. The summed E-state index contributed by atoms with van der Waals surface area (Å²) in [5.41, 5.74) is 1.55. The molecule has 0 amide bonds. The number of rotatable bonds is 7. The molecule has 1 N–H and O–H groups in total. The lowest BCUT2D eigenvalue weighted by Crippen LogP contribution is -2.37. The molecule has 0 radical (unpaired) electrons. The van der Waals surface area contributed by atoms with Gasteiger partial charge in [0.25, 0.3) is 20.0 Å². The highest BCUT2D eigenvalue weighted by atomic mass is 32.3. The summed E-state index contributed by atoms with van der Waals surface area (Å²) in [7, 11) is -8.81. The monoisotopic (exact) mass is 464 g/mol. The Morgan fingerprint density at radius 1 is 0.469 bits per heavy atom. The zero-order chi connectivity index (χ0) is 22.6. The van der Waals surface area contributed by atoms with E-state index < -0.39 is 20.0 Å². The molecule has 0 atom stereocenters. The molecule has 6 nitrogen and oxygen atoms in total. The van der Waals surface area contributed by atoms with Gasteiger partial charge in [0, 0.05) is 11.4 Å². The smallest absolute Gasteiger partial charge is 0.277 e. The molecule has 0 heterocycles. The van der Waals surface area contributed by atoms with E-state index in [1.807, 2.05) is 30.3 Å². The van der Waals surface area contributed by atoms with Gasteiger partial charge in [-0.15, -0.1) is 0 Å². The van der Waals surface area contributed by atoms with Crippen LogP contribution in [0.2, 0.25) is 0 Å². The van der Waals surface area contributed by atoms with Crippen LogP contribution in [-0.4, -0.2) is 16.8 Å². The van der Waals surface area contributed by atoms with Gasteiger partial charge in [-0.1, -0.05) is 54.6 Å². The summed E-state index contributed by atoms with van der Waals surface area (Å²) in [6, 6.07) is 30.7. The standard InChI is InChI=1S/C24H20N2O4S2/c27-31(28,23-12-6-2-7-13-23)26(32(29,30)24-14-8-3-9-15-24)22-18-16-21(17-19-22)25-20-10-4-1-5-11-20/h1-19,25H. The summed E-state index contributed by atoms with van der Waals surface area (Å²) in [5, 5.41) is 3.19. The number of nitrogens with zero attached hydrogens (tertiary/aromatic N) is 1. The van der Waals surface area contributed by atoms with Crippen LogP contribution in [0.25, 0.3) is 0 Å². The largest absolute Gasteiger partial charge is 0.356 e. The fraction of sp³-hybridized carbons (Fsp3) is 0. The quantitative estimate of drug-likeness (QED) is 0.415. The van der Waals surface area contributed by atoms with Crippen molar-refractivity contribution in [3.63, 3.8) is 0 Å². The van der Waals surface area contributed by atoms with Crippen LogP contribution in [0.3, 0.4) is 0 Å². The molecule has 0 bridgehead atoms. The lowest BCUT2D eigenvalue weighted by Gasteiger charge is -2.24. The molecular weight excluding hydrogens is 444 g/mol. The van der Waals surface area contributed by atoms with E-state index in [4.69, 9.17) is 0 Å². The van der Waals surface area contributed by atoms with E-state index in [1.165, 1.54) is 36.4 Å². The third-order valence-electron chi connectivity index (χ3n) is 4.66. The topological polar surface area (TPSA) is 83.6 Å². The fourth-order valence-electron chi connectivity index (χ4n) is 3.14. The van der Waals surface area contributed by atoms with Gasteiger partial charge in [0.15, 0.2) is 0 Å². The molecule has 4 aromatic rings. The van der Waals surface area contributed by atoms with Crippen molar-refractivity contribution >= 4 is 37.1 Å². The first kappa shape index (κ1) is 21.6. The third-order valence-corrected chi connectivity index (χ3v) is 8.87. The second-order valence-electron chi connectivity index (χ2n) is 6.87. The number of hydrogen-bond donors (Lipinski definition) is 1. The minimum Gasteiger partial charge on any atom is -0.356 e. The highest BCUT2D eigenvalue weighted by Gasteiger charge is 2.36. The van der Waals surface area contributed by atoms with E-state index in [0.29, 0.717) is 9.40 Å². The molecule has 4 rings (SSSR count). The van der Waals surface area contributed by atoms with Gasteiger partial charge in [-0.3, -0.25) is 0 Å². The number of sulfonamides is 2. The summed E-state index contributed by atoms with van der Waals surface area (Å²) < 4.78 is 54.3. The van der Waals surface area contributed by atoms with E-state index in [1.54, 1.807) is 48.5 Å². The summed E-state index contributed by atoms with van der Waals surface area (Å²) >= 11 is 0. The maximum Gasteiger partial charge on any atom is 0.277 e. The number of anilines is 3. The van der Waals surface area contributed by atoms with Crippen molar-refractivity contribution in [1.82, 2.24) is 0 Å². The predicted octanol–water partition coefficient (Wildman–Crippen LogP) is 5.01. The van der Waals surface area contributed by atoms with Gasteiger partial charge in [0.1, 0.15) is 0 Å². The maximum atomic E-state index is 13.5. The summed E-state index contributed by atoms with van der Waals surface area (Å²) in [6.45, 7) is 0. The van der Waals surface area contributed by atoms with Crippen LogP contribution >= 0.6 is 0 Å². The highest BCUT2D eigenvalue weighted by Crippen LogP contribution is 2.32. The van der Waals surface area contributed by atoms with Crippen molar-refractivity contribution in [3.05, 3.63) is 115 Å². The Kier molecular flexibility index (Phi) is 5.98. The van der Waals surface area contributed by atoms with Crippen LogP contribution in [0, 0.1) is 0 Å². The Morgan fingerprint density at radius 2 is 0.844 bits per heavy atom. The van der Waals surface area contributed by atoms with Crippen LogP contribution in [0.5, 0.6) is 0 Å². The van der Waals surface area contributed by atoms with Gasteiger partial charge in [-0.2, -0.15) is 3.71 Å². The number of nitrogens with one attached hydrogen (secondary N) is 1. The van der Waals surface area contributed by atoms with E-state index in [-0.39, 0.29) is 15.5 Å². The number of benzene rings is 4. The molecule has 32 heavy (non-hydrogen) atoms. The van der Waals surface area contributed by atoms with Gasteiger partial charge >= 0.3 is 0 Å². The number of hydrogen-bond acceptors (Lipinski definition) is 5. The molecule has 0 saturated heterocycles. The first-order chi connectivity index (χ1) is 15.4. The summed E-state index contributed by atoms with van der Waals surface area (Å²) in [5.74, 6) is 0. The minimum absolute atomic E-state index is 0.0105. The SMILES string of the molecule is O=S(=O)(c1ccccc1)N(c1ccc(Nc2ccccc2)cc1)S(=O)(=O)c1ccccc1. The van der Waals surface area contributed by atoms with Gasteiger partial charge in [0.2, 0.25) is 0 Å². The van der Waals surface area contributed by atoms with Crippen LogP contribution in [0.4, 0.5) is 17.1 Å². The Bertz CT molecular complexity index is 1320. The van der Waals surface area contributed by atoms with Crippen molar-refractivity contribution < 1.29 is 16.8 Å². The van der Waals surface area contributed by atoms with E-state index >= 15 is 0 Å². The molecule has 0 fully saturated rings. The molecule has 0 spiro atoms. The molecule has 162 valence electrons. The van der Waals surface area contributed by atoms with E-state index in [9.17, 15) is 16.8 Å². The normalized spacial score (nSPS) is 11.6. The Labute approximate surface area is 187 Å². The predicted molar refractivity (Wildman–Crippen MR) is 126 cm³/mol. The average Bonchev–Trinajstić information content (AvgIpc) is 2.82. The van der Waals surface area contributed by atoms with E-state index in [0.717, 1.165) is 5.69 Å². The van der Waals surface area contributed by atoms with E-state index in [2.05, 4.69) is 5.32 Å². The molecule has 0 aliphatic heterocycles. The lowest BCUT2D eigenvalue weighted by atomic mass is 10.2. The molecule has 0 unspecified atom stereocenters. The second-order valence-corrected chi connectivity index (χ2v) is 10.7. The van der Waals surface area contributed by atoms with Crippen LogP contribution in [-0.2, 0) is 20.0 Å². The second kappa shape index (κ2) is 8.86. The molecular formula is C24H20N2O4S2. The van der Waals surface area contributed by atoms with Crippen molar-refractivity contribution in [2.45, 2.75) is 9.79 Å². The van der Waals surface area contributed by atoms with Gasteiger partial charge in [0.05, 0.1) is 15.5 Å². The Hall–Kier alpha value is -3.62. The Morgan fingerprint density at radius 3 is 1.28 bits per heavy atom. The fourth-order valence-corrected chi connectivity index (χ4v) is 6.87. The first-order valence-corrected chi connectivity index (χ1v) is 12.6. The highest BCUT2D eigenvalue weighted by molar-refractivity contribution is 8.10. The maximum absolute atomic E-state index is 13.5. The average molecular weight is 465 g/mol. The first-order valence-electron chi connectivity index (χ1n) is 9.72. The van der Waals surface area contributed by atoms with Crippen molar-refractivity contribution in [2.24, 2.45) is 0 Å². The van der Waals surface area contributed by atoms with Crippen molar-refractivity contribution in [2.75, 3.05) is 9.03 Å². The summed E-state index contributed by atoms with van der Waals surface area (Å²) in [6.07, 6.45) is 0. The Balaban J connectivity index is 1.80. The lowest BCUT2D eigenvalue weighted by molar-refractivity contribution is 0.584. The van der Waals surface area contributed by atoms with Crippen LogP contribution in [0.15, 0.2) is 125 Å². The van der Waals surface area contributed by atoms with Crippen molar-refractivity contribution in [3.8, 4) is 0 Å². The summed E-state index contributed by atoms with van der Waals surface area (Å²) in [4.78, 5) is -0.239. The molecule has 4 aromatic carbocycles. The molecule has 8 heteroatoms. The number of para-hydroxylation sites is 1. The zero-order valence-electron chi connectivity index (χ0n) is 16.9. The van der Waals surface area contributed by atoms with Crippen molar-refractivity contribution in [1.29, 1.82) is 0 Å². The van der Waals surface area contributed by atoms with Crippen LogP contribution < -0.4 is 9.03 Å². The van der Waals surface area contributed by atoms with Crippen LogP contribution in [0.1, 0.15) is 0 Å². The third kappa shape index (κ3) is 4.37. The molecule has 0 saturated carbocycles. The van der Waals surface area contributed by atoms with Gasteiger partial charge in [-0.05, 0) is 60.7 Å². The molecule has 0 aliphatic rings. The van der Waals surface area contributed by atoms with Gasteiger partial charge < -0.3 is 5.32 Å².